The Hall–Kier alpha value is -0.440. The van der Waals surface area contributed by atoms with E-state index in [1.807, 2.05) is 0 Å². The first kappa shape index (κ1) is 10.6. The average molecular weight is 151 g/mol. The lowest BCUT2D eigenvalue weighted by atomic mass is 9.93. The highest BCUT2D eigenvalue weighted by molar-refractivity contribution is 5.00. The summed E-state index contributed by atoms with van der Waals surface area (Å²) in [4.78, 5) is 0. The van der Waals surface area contributed by atoms with Gasteiger partial charge < -0.3 is 0 Å². The van der Waals surface area contributed by atoms with Gasteiger partial charge >= 0.3 is 0 Å². The van der Waals surface area contributed by atoms with Crippen LogP contribution in [0.1, 0.15) is 46.5 Å². The Morgan fingerprint density at radius 2 is 1.82 bits per heavy atom. The van der Waals surface area contributed by atoms with Gasteiger partial charge in [0, 0.05) is 12.8 Å². The molecule has 0 bridgehead atoms. The van der Waals surface area contributed by atoms with Crippen LogP contribution in [0.5, 0.6) is 0 Å². The van der Waals surface area contributed by atoms with Gasteiger partial charge in [-0.1, -0.05) is 34.1 Å². The van der Waals surface area contributed by atoms with Crippen molar-refractivity contribution >= 4 is 0 Å². The van der Waals surface area contributed by atoms with Gasteiger partial charge in [0.25, 0.3) is 0 Å². The Morgan fingerprint density at radius 1 is 1.18 bits per heavy atom. The zero-order valence-corrected chi connectivity index (χ0v) is 8.04. The van der Waals surface area contributed by atoms with Gasteiger partial charge in [0.05, 0.1) is 0 Å². The maximum Gasteiger partial charge on any atom is 0.0137 e. The third-order valence-electron chi connectivity index (χ3n) is 1.30. The number of hydrogen-bond donors (Lipinski definition) is 0. The van der Waals surface area contributed by atoms with Crippen molar-refractivity contribution in [2.24, 2.45) is 5.41 Å². The van der Waals surface area contributed by atoms with Crippen molar-refractivity contribution in [3.63, 3.8) is 0 Å². The topological polar surface area (TPSA) is 0 Å². The van der Waals surface area contributed by atoms with Gasteiger partial charge in [-0.3, -0.25) is 0 Å². The fourth-order valence-corrected chi connectivity index (χ4v) is 0.629. The highest BCUT2D eigenvalue weighted by atomic mass is 14.1. The minimum atomic E-state index is 0.359. The molecule has 0 aliphatic carbocycles. The molecule has 0 spiro atoms. The number of unbranched alkanes of at least 4 members (excludes halogenated alkanes) is 2. The lowest BCUT2D eigenvalue weighted by Crippen LogP contribution is -2.01. The molecule has 0 nitrogen and oxygen atoms in total. The molecule has 0 heteroatoms. The minimum absolute atomic E-state index is 0.359. The maximum absolute atomic E-state index is 3.76. The summed E-state index contributed by atoms with van der Waals surface area (Å²) in [5.41, 5.74) is 0.359. The van der Waals surface area contributed by atoms with Gasteiger partial charge in [-0.2, -0.15) is 0 Å². The van der Waals surface area contributed by atoms with Crippen LogP contribution >= 0.6 is 0 Å². The van der Waals surface area contributed by atoms with E-state index in [0.29, 0.717) is 5.41 Å². The molecular formula is C11H19. The summed E-state index contributed by atoms with van der Waals surface area (Å²) in [5.74, 6) is 6.34. The number of hydrogen-bond acceptors (Lipinski definition) is 0. The molecule has 0 rings (SSSR count). The Labute approximate surface area is 71.4 Å². The van der Waals surface area contributed by atoms with Crippen molar-refractivity contribution < 1.29 is 0 Å². The first-order chi connectivity index (χ1) is 5.06. The van der Waals surface area contributed by atoms with Crippen molar-refractivity contribution in [2.75, 3.05) is 0 Å². The van der Waals surface area contributed by atoms with Crippen LogP contribution in [0, 0.1) is 24.2 Å². The normalized spacial score (nSPS) is 10.5. The summed E-state index contributed by atoms with van der Waals surface area (Å²) in [6.45, 7) is 10.4. The molecule has 0 saturated heterocycles. The molecule has 0 aromatic rings. The Balaban J connectivity index is 3.41. The first-order valence-electron chi connectivity index (χ1n) is 4.31. The van der Waals surface area contributed by atoms with E-state index in [9.17, 15) is 0 Å². The molecule has 0 fully saturated rings. The highest BCUT2D eigenvalue weighted by Gasteiger charge is 2.06. The van der Waals surface area contributed by atoms with Crippen LogP contribution in [0.15, 0.2) is 0 Å². The van der Waals surface area contributed by atoms with Gasteiger partial charge in [0.15, 0.2) is 0 Å². The first-order valence-corrected chi connectivity index (χ1v) is 4.31. The fraction of sp³-hybridized carbons (Fsp3) is 0.727. The Kier molecular flexibility index (Phi) is 5.03. The number of rotatable bonds is 2. The predicted molar refractivity (Wildman–Crippen MR) is 51.1 cm³/mol. The van der Waals surface area contributed by atoms with Crippen molar-refractivity contribution in [1.29, 1.82) is 0 Å². The molecular weight excluding hydrogens is 132 g/mol. The molecule has 0 heterocycles. The summed E-state index contributed by atoms with van der Waals surface area (Å²) in [6, 6.07) is 0. The molecule has 1 radical (unpaired) electrons. The van der Waals surface area contributed by atoms with E-state index in [1.54, 1.807) is 0 Å². The second kappa shape index (κ2) is 5.24. The van der Waals surface area contributed by atoms with Crippen molar-refractivity contribution in [3.8, 4) is 11.8 Å². The van der Waals surface area contributed by atoms with Gasteiger partial charge in [-0.25, -0.2) is 0 Å². The van der Waals surface area contributed by atoms with Crippen LogP contribution in [0.2, 0.25) is 0 Å². The highest BCUT2D eigenvalue weighted by Crippen LogP contribution is 2.16. The SMILES string of the molecule is [CH2]CCCC#CCC(C)(C)C. The van der Waals surface area contributed by atoms with Gasteiger partial charge in [0.1, 0.15) is 0 Å². The summed E-state index contributed by atoms with van der Waals surface area (Å²) < 4.78 is 0. The monoisotopic (exact) mass is 151 g/mol. The van der Waals surface area contributed by atoms with E-state index < -0.39 is 0 Å². The standard InChI is InChI=1S/C11H19/c1-5-6-7-8-9-10-11(2,3)4/h1,5-7,10H2,2-4H3. The summed E-state index contributed by atoms with van der Waals surface area (Å²) >= 11 is 0. The van der Waals surface area contributed by atoms with E-state index in [4.69, 9.17) is 0 Å². The Bertz CT molecular complexity index is 138. The second-order valence-corrected chi connectivity index (χ2v) is 4.05. The van der Waals surface area contributed by atoms with E-state index in [2.05, 4.69) is 39.5 Å². The molecule has 0 aliphatic heterocycles. The zero-order chi connectivity index (χ0) is 8.74. The van der Waals surface area contributed by atoms with Crippen LogP contribution in [-0.2, 0) is 0 Å². The van der Waals surface area contributed by atoms with Crippen molar-refractivity contribution in [1.82, 2.24) is 0 Å². The largest absolute Gasteiger partial charge is 0.103 e. The van der Waals surface area contributed by atoms with Crippen LogP contribution in [-0.4, -0.2) is 0 Å². The van der Waals surface area contributed by atoms with Gasteiger partial charge in [-0.15, -0.1) is 11.8 Å². The van der Waals surface area contributed by atoms with Gasteiger partial charge in [-0.05, 0) is 11.8 Å². The van der Waals surface area contributed by atoms with Crippen molar-refractivity contribution in [3.05, 3.63) is 6.92 Å². The third kappa shape index (κ3) is 9.56. The predicted octanol–water partition coefficient (Wildman–Crippen LogP) is 3.43. The lowest BCUT2D eigenvalue weighted by molar-refractivity contribution is 0.427. The van der Waals surface area contributed by atoms with E-state index in [-0.39, 0.29) is 0 Å². The van der Waals surface area contributed by atoms with Gasteiger partial charge in [0.2, 0.25) is 0 Å². The molecule has 0 atom stereocenters. The molecule has 11 heavy (non-hydrogen) atoms. The zero-order valence-electron chi connectivity index (χ0n) is 8.04. The maximum atomic E-state index is 3.76. The molecule has 0 amide bonds. The van der Waals surface area contributed by atoms with Crippen LogP contribution in [0.4, 0.5) is 0 Å². The average Bonchev–Trinajstić information content (AvgIpc) is 1.85. The van der Waals surface area contributed by atoms with Crippen LogP contribution in [0.3, 0.4) is 0 Å². The molecule has 0 aromatic carbocycles. The quantitative estimate of drug-likeness (QED) is 0.419. The summed E-state index contributed by atoms with van der Waals surface area (Å²) in [5, 5.41) is 0. The fourth-order valence-electron chi connectivity index (χ4n) is 0.629. The summed E-state index contributed by atoms with van der Waals surface area (Å²) in [7, 11) is 0. The van der Waals surface area contributed by atoms with Crippen LogP contribution < -0.4 is 0 Å². The van der Waals surface area contributed by atoms with E-state index >= 15 is 0 Å². The lowest BCUT2D eigenvalue weighted by Gasteiger charge is -2.12. The molecule has 0 saturated carbocycles. The Morgan fingerprint density at radius 3 is 2.27 bits per heavy atom. The van der Waals surface area contributed by atoms with E-state index in [0.717, 1.165) is 25.7 Å². The van der Waals surface area contributed by atoms with Crippen LogP contribution in [0.25, 0.3) is 0 Å². The smallest absolute Gasteiger partial charge is 0.0137 e. The van der Waals surface area contributed by atoms with E-state index in [1.165, 1.54) is 0 Å². The van der Waals surface area contributed by atoms with Crippen molar-refractivity contribution in [2.45, 2.75) is 46.5 Å². The molecule has 63 valence electrons. The summed E-state index contributed by atoms with van der Waals surface area (Å²) in [6.07, 6.45) is 4.16. The molecule has 0 aliphatic rings. The molecule has 0 N–H and O–H groups in total. The minimum Gasteiger partial charge on any atom is -0.103 e. The third-order valence-corrected chi connectivity index (χ3v) is 1.30. The molecule has 0 unspecified atom stereocenters. The second-order valence-electron chi connectivity index (χ2n) is 4.05. The molecule has 0 aromatic heterocycles.